The summed E-state index contributed by atoms with van der Waals surface area (Å²) in [5, 5.41) is 11.2. The molecule has 7 aromatic carbocycles. The van der Waals surface area contributed by atoms with E-state index < -0.39 is 49.2 Å². The maximum Gasteiger partial charge on any atom is 0.184 e. The van der Waals surface area contributed by atoms with E-state index in [0.29, 0.717) is 52.9 Å². The Morgan fingerprint density at radius 3 is 1.08 bits per heavy atom. The van der Waals surface area contributed by atoms with Crippen molar-refractivity contribution in [2.75, 3.05) is 26.4 Å². The lowest BCUT2D eigenvalue weighted by Gasteiger charge is -2.49. The second kappa shape index (κ2) is 29.7. The Morgan fingerprint density at radius 2 is 0.675 bits per heavy atom. The summed E-state index contributed by atoms with van der Waals surface area (Å²) in [5.41, 5.74) is 7.25. The predicted molar refractivity (Wildman–Crippen MR) is 292 cm³/mol. The van der Waals surface area contributed by atoms with Crippen LogP contribution in [0.2, 0.25) is 0 Å². The highest BCUT2D eigenvalue weighted by Crippen LogP contribution is 2.38. The van der Waals surface area contributed by atoms with Gasteiger partial charge in [-0.25, -0.2) is 0 Å². The lowest BCUT2D eigenvalue weighted by atomic mass is 9.93. The number of ether oxygens (including phenoxy) is 11. The van der Waals surface area contributed by atoms with Gasteiger partial charge in [-0.2, -0.15) is 0 Å². The molecule has 8 unspecified atom stereocenters. The summed E-state index contributed by atoms with van der Waals surface area (Å²) < 4.78 is 69.5. The highest BCUT2D eigenvalue weighted by molar-refractivity contribution is 5.20. The third-order valence-corrected chi connectivity index (χ3v) is 13.7. The lowest BCUT2D eigenvalue weighted by Crippen LogP contribution is -2.64. The molecule has 0 radical (unpaired) electrons. The number of hydrogen-bond donors (Lipinski definition) is 1. The third-order valence-electron chi connectivity index (χ3n) is 13.7. The van der Waals surface area contributed by atoms with Crippen LogP contribution >= 0.6 is 0 Å². The Labute approximate surface area is 453 Å². The zero-order valence-electron chi connectivity index (χ0n) is 43.9. The average molecular weight is 1050 g/mol. The van der Waals surface area contributed by atoms with E-state index in [4.69, 9.17) is 52.1 Å². The molecule has 4 heterocycles. The van der Waals surface area contributed by atoms with Gasteiger partial charge in [-0.1, -0.05) is 226 Å². The molecule has 0 amide bonds. The summed E-state index contributed by atoms with van der Waals surface area (Å²) in [7, 11) is 0. The molecular formula is C65H72O12. The fraction of sp³-hybridized carbons (Fsp3) is 0.354. The summed E-state index contributed by atoms with van der Waals surface area (Å²) in [6.45, 7) is 7.47. The molecule has 12 heteroatoms. The van der Waals surface area contributed by atoms with Crippen LogP contribution in [0.5, 0.6) is 0 Å². The first-order chi connectivity index (χ1) is 38.1. The zero-order valence-corrected chi connectivity index (χ0v) is 43.9. The Kier molecular flexibility index (Phi) is 21.5. The fourth-order valence-corrected chi connectivity index (χ4v) is 9.78. The van der Waals surface area contributed by atoms with Crippen molar-refractivity contribution in [1.29, 1.82) is 0 Å². The SMILES string of the molecule is CC.OC1C(OCc2ccccc2)C2OC(c3ccccc3)OC[C@@H]2O[C@@H]1COCc1ccccc1.c1ccc(COC[C@H]2O[C@H]3COC(c4ccccc4)OC3C(OCc3ccccc3)C2OCc2ccccc2)cc1. The lowest BCUT2D eigenvalue weighted by molar-refractivity contribution is -0.343. The van der Waals surface area contributed by atoms with Crippen molar-refractivity contribution in [3.05, 3.63) is 251 Å². The fourth-order valence-electron chi connectivity index (χ4n) is 9.78. The molecule has 0 aliphatic carbocycles. The number of benzene rings is 7. The molecule has 0 bridgehead atoms. The van der Waals surface area contributed by atoms with Crippen LogP contribution in [0.4, 0.5) is 0 Å². The minimum absolute atomic E-state index is 0.243. The molecule has 4 saturated heterocycles. The summed E-state index contributed by atoms with van der Waals surface area (Å²) in [6.07, 6.45) is -5.83. The largest absolute Gasteiger partial charge is 0.387 e. The molecule has 4 aliphatic heterocycles. The Bertz CT molecular complexity index is 2670. The van der Waals surface area contributed by atoms with Gasteiger partial charge in [0.25, 0.3) is 0 Å². The van der Waals surface area contributed by atoms with Crippen molar-refractivity contribution in [2.24, 2.45) is 0 Å². The quantitative estimate of drug-likeness (QED) is 0.0830. The molecule has 7 aromatic rings. The Morgan fingerprint density at radius 1 is 0.364 bits per heavy atom. The van der Waals surface area contributed by atoms with E-state index >= 15 is 0 Å². The molecule has 4 fully saturated rings. The van der Waals surface area contributed by atoms with Crippen molar-refractivity contribution >= 4 is 0 Å². The van der Waals surface area contributed by atoms with Crippen molar-refractivity contribution < 1.29 is 57.2 Å². The minimum atomic E-state index is -0.907. The van der Waals surface area contributed by atoms with Crippen LogP contribution in [0, 0.1) is 0 Å². The molecule has 11 rings (SSSR count). The zero-order chi connectivity index (χ0) is 52.9. The molecule has 1 N–H and O–H groups in total. The average Bonchev–Trinajstić information content (AvgIpc) is 3.53. The molecule has 0 aromatic heterocycles. The highest BCUT2D eigenvalue weighted by Gasteiger charge is 2.52. The Hall–Kier alpha value is -5.94. The normalized spacial score (nSPS) is 26.6. The highest BCUT2D eigenvalue weighted by atomic mass is 16.7. The Balaban J connectivity index is 0.000000185. The van der Waals surface area contributed by atoms with Crippen LogP contribution in [0.25, 0.3) is 0 Å². The van der Waals surface area contributed by atoms with Gasteiger partial charge in [0, 0.05) is 11.1 Å². The van der Waals surface area contributed by atoms with E-state index in [1.807, 2.05) is 190 Å². The van der Waals surface area contributed by atoms with Gasteiger partial charge in [0.15, 0.2) is 12.6 Å². The van der Waals surface area contributed by atoms with Gasteiger partial charge in [0.05, 0.1) is 59.5 Å². The molecule has 4 aliphatic rings. The summed E-state index contributed by atoms with van der Waals surface area (Å²) >= 11 is 0. The van der Waals surface area contributed by atoms with Gasteiger partial charge < -0.3 is 57.2 Å². The van der Waals surface area contributed by atoms with Crippen LogP contribution in [0.15, 0.2) is 212 Å². The first-order valence-corrected chi connectivity index (χ1v) is 26.9. The molecule has 0 spiro atoms. The second-order valence-electron chi connectivity index (χ2n) is 19.1. The van der Waals surface area contributed by atoms with Gasteiger partial charge in [0.1, 0.15) is 61.0 Å². The van der Waals surface area contributed by atoms with Gasteiger partial charge in [0.2, 0.25) is 0 Å². The van der Waals surface area contributed by atoms with E-state index in [1.54, 1.807) is 0 Å². The predicted octanol–water partition coefficient (Wildman–Crippen LogP) is 11.3. The minimum Gasteiger partial charge on any atom is -0.387 e. The number of rotatable bonds is 19. The number of aliphatic hydroxyl groups is 1. The maximum atomic E-state index is 11.2. The van der Waals surface area contributed by atoms with Gasteiger partial charge in [-0.05, 0) is 27.8 Å². The topological polar surface area (TPSA) is 122 Å². The number of fused-ring (bicyclic) bond motifs is 2. The monoisotopic (exact) mass is 1040 g/mol. The van der Waals surface area contributed by atoms with E-state index in [-0.39, 0.29) is 31.0 Å². The van der Waals surface area contributed by atoms with Gasteiger partial charge in [-0.15, -0.1) is 0 Å². The third kappa shape index (κ3) is 15.9. The van der Waals surface area contributed by atoms with Crippen molar-refractivity contribution in [1.82, 2.24) is 0 Å². The van der Waals surface area contributed by atoms with Crippen LogP contribution in [-0.2, 0) is 85.1 Å². The van der Waals surface area contributed by atoms with Crippen molar-refractivity contribution in [2.45, 2.75) is 121 Å². The van der Waals surface area contributed by atoms with Crippen LogP contribution < -0.4 is 0 Å². The second-order valence-corrected chi connectivity index (χ2v) is 19.1. The molecule has 0 saturated carbocycles. The van der Waals surface area contributed by atoms with Gasteiger partial charge >= 0.3 is 0 Å². The van der Waals surface area contributed by atoms with E-state index in [9.17, 15) is 5.11 Å². The van der Waals surface area contributed by atoms with Crippen LogP contribution in [-0.4, -0.2) is 92.6 Å². The smallest absolute Gasteiger partial charge is 0.184 e. The van der Waals surface area contributed by atoms with E-state index in [1.165, 1.54) is 0 Å². The summed E-state index contributed by atoms with van der Waals surface area (Å²) in [4.78, 5) is 0. The molecule has 404 valence electrons. The molecule has 12 nitrogen and oxygen atoms in total. The first-order valence-electron chi connectivity index (χ1n) is 26.9. The molecule has 12 atom stereocenters. The van der Waals surface area contributed by atoms with Crippen LogP contribution in [0.3, 0.4) is 0 Å². The van der Waals surface area contributed by atoms with Crippen molar-refractivity contribution in [3.63, 3.8) is 0 Å². The van der Waals surface area contributed by atoms with Gasteiger partial charge in [-0.3, -0.25) is 0 Å². The van der Waals surface area contributed by atoms with E-state index in [0.717, 1.165) is 38.9 Å². The number of hydrogen-bond acceptors (Lipinski definition) is 12. The summed E-state index contributed by atoms with van der Waals surface area (Å²) in [6, 6.07) is 70.1. The molecule has 77 heavy (non-hydrogen) atoms. The summed E-state index contributed by atoms with van der Waals surface area (Å²) in [5.74, 6) is 0. The molecular weight excluding hydrogens is 973 g/mol. The standard InChI is InChI=1S/C35H36O6.C28H30O6.C2H6/c1-5-13-26(14-6-1)21-36-24-30-32(37-22-27-15-7-2-8-16-27)34(38-23-28-17-9-3-10-18-28)33-31(40-30)25-39-35(41-33)29-19-11-4-12-20-29;29-25-23(18-30-16-20-10-4-1-5-11-20)33-24-19-32-28(22-14-8-3-9-15-22)34-26(24)27(25)31-17-21-12-6-2-7-13-21;1-2/h1-20,30-35H,21-25H2;1-15,23-29H,16-19H2;1-2H3/t30-,31+,32?,33?,34?,35?;23-,24+,25?,26?,27?,28?;/m11./s1. The number of aliphatic hydroxyl groups excluding tert-OH is 1. The van der Waals surface area contributed by atoms with Crippen LogP contribution in [0.1, 0.15) is 65.4 Å². The van der Waals surface area contributed by atoms with E-state index in [2.05, 4.69) is 36.4 Å². The first kappa shape index (κ1) is 55.8. The van der Waals surface area contributed by atoms with Crippen molar-refractivity contribution in [3.8, 4) is 0 Å². The maximum absolute atomic E-state index is 11.2.